The lowest BCUT2D eigenvalue weighted by Crippen LogP contribution is -2.22. The summed E-state index contributed by atoms with van der Waals surface area (Å²) in [6, 6.07) is 14.7. The van der Waals surface area contributed by atoms with Crippen molar-refractivity contribution in [3.8, 4) is 0 Å². The van der Waals surface area contributed by atoms with Crippen LogP contribution in [0.25, 0.3) is 0 Å². The van der Waals surface area contributed by atoms with Crippen LogP contribution in [0.1, 0.15) is 39.6 Å². The van der Waals surface area contributed by atoms with E-state index in [4.69, 9.17) is 4.74 Å². The molecule has 4 heteroatoms. The Kier molecular flexibility index (Phi) is 3.98. The number of benzene rings is 2. The molecule has 4 rings (SSSR count). The summed E-state index contributed by atoms with van der Waals surface area (Å²) in [6.07, 6.45) is 1.65. The Hall–Kier alpha value is -2.33. The predicted octanol–water partition coefficient (Wildman–Crippen LogP) is 3.22. The van der Waals surface area contributed by atoms with Gasteiger partial charge in [0.2, 0.25) is 0 Å². The quantitative estimate of drug-likeness (QED) is 0.849. The monoisotopic (exact) mass is 322 g/mol. The van der Waals surface area contributed by atoms with Gasteiger partial charge in [-0.15, -0.1) is 0 Å². The summed E-state index contributed by atoms with van der Waals surface area (Å²) in [5, 5.41) is 6.83. The van der Waals surface area contributed by atoms with E-state index in [2.05, 4.69) is 35.8 Å². The minimum Gasteiger partial charge on any atom is -0.454 e. The molecule has 24 heavy (non-hydrogen) atoms. The van der Waals surface area contributed by atoms with E-state index in [0.29, 0.717) is 11.6 Å². The SMILES string of the molecule is Cc1ccccc1C[C@H]1OC(=O)c2cc(NC3CCNC3)ccc21. The first-order chi connectivity index (χ1) is 11.7. The Morgan fingerprint density at radius 2 is 2.12 bits per heavy atom. The van der Waals surface area contributed by atoms with Gasteiger partial charge >= 0.3 is 5.97 Å². The summed E-state index contributed by atoms with van der Waals surface area (Å²) in [4.78, 5) is 12.3. The van der Waals surface area contributed by atoms with Gasteiger partial charge in [-0.05, 0) is 43.1 Å². The minimum absolute atomic E-state index is 0.184. The third-order valence-electron chi connectivity index (χ3n) is 4.97. The van der Waals surface area contributed by atoms with Gasteiger partial charge in [0.1, 0.15) is 6.10 Å². The highest BCUT2D eigenvalue weighted by Crippen LogP contribution is 2.35. The van der Waals surface area contributed by atoms with Crippen LogP contribution in [0.4, 0.5) is 5.69 Å². The molecule has 1 unspecified atom stereocenters. The minimum atomic E-state index is -0.211. The van der Waals surface area contributed by atoms with Crippen LogP contribution in [0.2, 0.25) is 0 Å². The van der Waals surface area contributed by atoms with Crippen molar-refractivity contribution in [2.24, 2.45) is 0 Å². The molecule has 124 valence electrons. The lowest BCUT2D eigenvalue weighted by molar-refractivity contribution is 0.0387. The van der Waals surface area contributed by atoms with E-state index in [1.54, 1.807) is 0 Å². The van der Waals surface area contributed by atoms with Gasteiger partial charge in [-0.1, -0.05) is 30.3 Å². The Labute approximate surface area is 142 Å². The van der Waals surface area contributed by atoms with Gasteiger partial charge in [-0.25, -0.2) is 4.79 Å². The third-order valence-corrected chi connectivity index (χ3v) is 4.97. The van der Waals surface area contributed by atoms with E-state index < -0.39 is 0 Å². The first-order valence-electron chi connectivity index (χ1n) is 8.57. The topological polar surface area (TPSA) is 50.4 Å². The summed E-state index contributed by atoms with van der Waals surface area (Å²) < 4.78 is 5.64. The fourth-order valence-corrected chi connectivity index (χ4v) is 3.56. The second-order valence-corrected chi connectivity index (χ2v) is 6.66. The molecular formula is C20H22N2O2. The van der Waals surface area contributed by atoms with Gasteiger partial charge in [-0.3, -0.25) is 0 Å². The lowest BCUT2D eigenvalue weighted by atomic mass is 9.96. The normalized spacial score (nSPS) is 22.3. The predicted molar refractivity (Wildman–Crippen MR) is 94.4 cm³/mol. The molecular weight excluding hydrogens is 300 g/mol. The second kappa shape index (κ2) is 6.29. The maximum Gasteiger partial charge on any atom is 0.339 e. The zero-order valence-corrected chi connectivity index (χ0v) is 13.8. The molecule has 0 amide bonds. The molecule has 4 nitrogen and oxygen atoms in total. The number of carbonyl (C=O) groups is 1. The molecule has 2 N–H and O–H groups in total. The fourth-order valence-electron chi connectivity index (χ4n) is 3.56. The number of hydrogen-bond acceptors (Lipinski definition) is 4. The van der Waals surface area contributed by atoms with Crippen LogP contribution in [0, 0.1) is 6.92 Å². The molecule has 2 aromatic carbocycles. The standard InChI is InChI=1S/C20H22N2O2/c1-13-4-2-3-5-14(13)10-19-17-7-6-15(11-18(17)20(23)24-19)22-16-8-9-21-12-16/h2-7,11,16,19,21-22H,8-10,12H2,1H3/t16?,19-/m1/s1. The van der Waals surface area contributed by atoms with E-state index >= 15 is 0 Å². The number of nitrogens with one attached hydrogen (secondary N) is 2. The summed E-state index contributed by atoms with van der Waals surface area (Å²) in [5.74, 6) is -0.211. The van der Waals surface area contributed by atoms with Gasteiger partial charge in [-0.2, -0.15) is 0 Å². The number of carbonyl (C=O) groups excluding carboxylic acids is 1. The van der Waals surface area contributed by atoms with Crippen molar-refractivity contribution in [2.45, 2.75) is 31.9 Å². The van der Waals surface area contributed by atoms with Crippen molar-refractivity contribution >= 4 is 11.7 Å². The summed E-state index contributed by atoms with van der Waals surface area (Å²) in [6.45, 7) is 4.11. The van der Waals surface area contributed by atoms with Crippen molar-refractivity contribution in [2.75, 3.05) is 18.4 Å². The zero-order valence-electron chi connectivity index (χ0n) is 13.8. The smallest absolute Gasteiger partial charge is 0.339 e. The molecule has 0 saturated carbocycles. The average molecular weight is 322 g/mol. The fraction of sp³-hybridized carbons (Fsp3) is 0.350. The van der Waals surface area contributed by atoms with Crippen LogP contribution in [0.15, 0.2) is 42.5 Å². The first kappa shape index (κ1) is 15.2. The van der Waals surface area contributed by atoms with Crippen LogP contribution in [0.3, 0.4) is 0 Å². The molecule has 1 saturated heterocycles. The second-order valence-electron chi connectivity index (χ2n) is 6.66. The Morgan fingerprint density at radius 3 is 2.92 bits per heavy atom. The number of esters is 1. The Balaban J connectivity index is 1.55. The number of hydrogen-bond donors (Lipinski definition) is 2. The highest BCUT2D eigenvalue weighted by Gasteiger charge is 2.31. The number of ether oxygens (including phenoxy) is 1. The van der Waals surface area contributed by atoms with Crippen LogP contribution in [0.5, 0.6) is 0 Å². The highest BCUT2D eigenvalue weighted by molar-refractivity contribution is 5.95. The van der Waals surface area contributed by atoms with Gasteiger partial charge in [0.25, 0.3) is 0 Å². The maximum absolute atomic E-state index is 12.3. The zero-order chi connectivity index (χ0) is 16.5. The van der Waals surface area contributed by atoms with Crippen molar-refractivity contribution in [1.82, 2.24) is 5.32 Å². The highest BCUT2D eigenvalue weighted by atomic mass is 16.5. The van der Waals surface area contributed by atoms with Crippen LogP contribution < -0.4 is 10.6 Å². The van der Waals surface area contributed by atoms with Crippen LogP contribution in [-0.2, 0) is 11.2 Å². The molecule has 0 aliphatic carbocycles. The molecule has 2 aromatic rings. The number of rotatable bonds is 4. The average Bonchev–Trinajstić information content (AvgIpc) is 3.19. The Bertz CT molecular complexity index is 766. The molecule has 2 heterocycles. The molecule has 0 bridgehead atoms. The van der Waals surface area contributed by atoms with Crippen molar-refractivity contribution < 1.29 is 9.53 Å². The number of anilines is 1. The number of cyclic esters (lactones) is 1. The number of aryl methyl sites for hydroxylation is 1. The molecule has 0 aromatic heterocycles. The van der Waals surface area contributed by atoms with E-state index in [-0.39, 0.29) is 12.1 Å². The molecule has 2 aliphatic rings. The molecule has 0 spiro atoms. The van der Waals surface area contributed by atoms with Gasteiger partial charge < -0.3 is 15.4 Å². The lowest BCUT2D eigenvalue weighted by Gasteiger charge is -2.14. The van der Waals surface area contributed by atoms with Gasteiger partial charge in [0.15, 0.2) is 0 Å². The molecule has 0 radical (unpaired) electrons. The van der Waals surface area contributed by atoms with Crippen molar-refractivity contribution in [1.29, 1.82) is 0 Å². The van der Waals surface area contributed by atoms with Crippen molar-refractivity contribution in [3.05, 3.63) is 64.7 Å². The van der Waals surface area contributed by atoms with Crippen LogP contribution in [-0.4, -0.2) is 25.1 Å². The Morgan fingerprint density at radius 1 is 1.25 bits per heavy atom. The maximum atomic E-state index is 12.3. The largest absolute Gasteiger partial charge is 0.454 e. The molecule has 2 atom stereocenters. The van der Waals surface area contributed by atoms with Gasteiger partial charge in [0, 0.05) is 30.3 Å². The summed E-state index contributed by atoms with van der Waals surface area (Å²) in [5.41, 5.74) is 5.15. The first-order valence-corrected chi connectivity index (χ1v) is 8.57. The van der Waals surface area contributed by atoms with E-state index in [1.165, 1.54) is 11.1 Å². The molecule has 2 aliphatic heterocycles. The van der Waals surface area contributed by atoms with E-state index in [1.807, 2.05) is 24.3 Å². The molecule has 1 fully saturated rings. The number of fused-ring (bicyclic) bond motifs is 1. The van der Waals surface area contributed by atoms with E-state index in [9.17, 15) is 4.79 Å². The van der Waals surface area contributed by atoms with Gasteiger partial charge in [0.05, 0.1) is 5.56 Å². The van der Waals surface area contributed by atoms with Crippen LogP contribution >= 0.6 is 0 Å². The summed E-state index contributed by atoms with van der Waals surface area (Å²) in [7, 11) is 0. The summed E-state index contributed by atoms with van der Waals surface area (Å²) >= 11 is 0. The van der Waals surface area contributed by atoms with Crippen molar-refractivity contribution in [3.63, 3.8) is 0 Å². The third kappa shape index (κ3) is 2.89. The van der Waals surface area contributed by atoms with E-state index in [0.717, 1.165) is 37.2 Å².